The van der Waals surface area contributed by atoms with E-state index in [0.717, 1.165) is 57.6 Å². The maximum atomic E-state index is 4.61. The highest BCUT2D eigenvalue weighted by Crippen LogP contribution is 2.42. The minimum absolute atomic E-state index is 0.509. The Bertz CT molecular complexity index is 1140. The highest BCUT2D eigenvalue weighted by Gasteiger charge is 2.29. The van der Waals surface area contributed by atoms with Crippen LogP contribution in [-0.2, 0) is 6.42 Å². The molecule has 0 aromatic heterocycles. The van der Waals surface area contributed by atoms with Crippen molar-refractivity contribution in [2.24, 2.45) is 23.7 Å². The van der Waals surface area contributed by atoms with Crippen molar-refractivity contribution >= 4 is 0 Å². The number of hydrogen-bond acceptors (Lipinski definition) is 2. The highest BCUT2D eigenvalue weighted by molar-refractivity contribution is 5.49. The molecule has 0 aliphatic heterocycles. The summed E-state index contributed by atoms with van der Waals surface area (Å²) in [7, 11) is 2.18. The zero-order valence-electron chi connectivity index (χ0n) is 26.9. The van der Waals surface area contributed by atoms with Gasteiger partial charge in [-0.2, -0.15) is 0 Å². The number of benzene rings is 1. The molecule has 2 nitrogen and oxygen atoms in total. The first-order valence-electron chi connectivity index (χ1n) is 15.7. The molecule has 0 spiro atoms. The number of aryl methyl sites for hydroxylation is 1. The molecular formula is C38H56N2. The van der Waals surface area contributed by atoms with Gasteiger partial charge < -0.3 is 9.80 Å². The van der Waals surface area contributed by atoms with E-state index in [9.17, 15) is 0 Å². The van der Waals surface area contributed by atoms with Crippen molar-refractivity contribution in [1.29, 1.82) is 0 Å². The lowest BCUT2D eigenvalue weighted by Crippen LogP contribution is -2.35. The summed E-state index contributed by atoms with van der Waals surface area (Å²) in [5.41, 5.74) is 9.96. The van der Waals surface area contributed by atoms with E-state index in [1.54, 1.807) is 5.57 Å². The fraction of sp³-hybridized carbons (Fsp3) is 0.526. The molecule has 2 aliphatic carbocycles. The van der Waals surface area contributed by atoms with Crippen molar-refractivity contribution in [2.45, 2.75) is 80.6 Å². The SMILES string of the molecule is C=C(CCCN(CCC)C(=C)N(C)CCc1ccc(C)cc1)C1=C(C)C(C)[C@H](C)C(C2C=CC(C(C)C)=CC2)=C1. The van der Waals surface area contributed by atoms with Gasteiger partial charge in [-0.1, -0.05) is 113 Å². The van der Waals surface area contributed by atoms with Crippen LogP contribution in [0.2, 0.25) is 0 Å². The van der Waals surface area contributed by atoms with E-state index >= 15 is 0 Å². The molecule has 218 valence electrons. The van der Waals surface area contributed by atoms with E-state index in [-0.39, 0.29) is 0 Å². The molecule has 0 saturated carbocycles. The highest BCUT2D eigenvalue weighted by atomic mass is 15.3. The van der Waals surface area contributed by atoms with Gasteiger partial charge in [0.2, 0.25) is 0 Å². The lowest BCUT2D eigenvalue weighted by molar-refractivity contribution is 0.235. The van der Waals surface area contributed by atoms with Gasteiger partial charge in [0.15, 0.2) is 0 Å². The maximum absolute atomic E-state index is 4.61. The molecule has 2 aliphatic rings. The normalized spacial score (nSPS) is 20.9. The van der Waals surface area contributed by atoms with Gasteiger partial charge in [0.1, 0.15) is 0 Å². The van der Waals surface area contributed by atoms with E-state index < -0.39 is 0 Å². The van der Waals surface area contributed by atoms with Crippen LogP contribution in [0.25, 0.3) is 0 Å². The summed E-state index contributed by atoms with van der Waals surface area (Å²) >= 11 is 0. The molecule has 40 heavy (non-hydrogen) atoms. The Labute approximate surface area is 246 Å². The van der Waals surface area contributed by atoms with Gasteiger partial charge in [0.25, 0.3) is 0 Å². The third kappa shape index (κ3) is 8.15. The minimum Gasteiger partial charge on any atom is -0.362 e. The largest absolute Gasteiger partial charge is 0.362 e. The third-order valence-electron chi connectivity index (χ3n) is 9.36. The second-order valence-electron chi connectivity index (χ2n) is 12.6. The molecule has 2 heteroatoms. The van der Waals surface area contributed by atoms with Crippen LogP contribution in [0.15, 0.2) is 95.4 Å². The molecule has 0 bridgehead atoms. The summed E-state index contributed by atoms with van der Waals surface area (Å²) in [6.07, 6.45) is 15.2. The molecule has 1 aromatic carbocycles. The molecule has 0 fully saturated rings. The molecule has 0 saturated heterocycles. The molecule has 3 atom stereocenters. The second kappa shape index (κ2) is 14.8. The average molecular weight is 541 g/mol. The molecule has 1 aromatic rings. The molecule has 0 heterocycles. The summed E-state index contributed by atoms with van der Waals surface area (Å²) in [5.74, 6) is 3.36. The Morgan fingerprint density at radius 2 is 1.70 bits per heavy atom. The summed E-state index contributed by atoms with van der Waals surface area (Å²) in [4.78, 5) is 4.80. The van der Waals surface area contributed by atoms with Gasteiger partial charge in [0.05, 0.1) is 5.82 Å². The topological polar surface area (TPSA) is 6.48 Å². The van der Waals surface area contributed by atoms with Crippen molar-refractivity contribution in [3.8, 4) is 0 Å². The lowest BCUT2D eigenvalue weighted by Gasteiger charge is -2.35. The van der Waals surface area contributed by atoms with Crippen molar-refractivity contribution in [3.63, 3.8) is 0 Å². The first-order chi connectivity index (χ1) is 19.0. The van der Waals surface area contributed by atoms with Crippen LogP contribution in [0.5, 0.6) is 0 Å². The fourth-order valence-corrected chi connectivity index (χ4v) is 6.14. The number of hydrogen-bond donors (Lipinski definition) is 0. The molecular weight excluding hydrogens is 484 g/mol. The van der Waals surface area contributed by atoms with E-state index in [1.807, 2.05) is 0 Å². The van der Waals surface area contributed by atoms with Crippen LogP contribution < -0.4 is 0 Å². The van der Waals surface area contributed by atoms with Crippen molar-refractivity contribution in [3.05, 3.63) is 107 Å². The fourth-order valence-electron chi connectivity index (χ4n) is 6.14. The van der Waals surface area contributed by atoms with Gasteiger partial charge in [-0.15, -0.1) is 0 Å². The number of likely N-dealkylation sites (N-methyl/N-ethyl adjacent to an activating group) is 1. The zero-order valence-corrected chi connectivity index (χ0v) is 26.9. The standard InChI is InChI=1S/C38H56N2/c1-11-23-40(33(9)39(10)25-22-34-16-14-28(4)15-17-34)24-12-13-29(5)37-26-38(32(8)30(6)31(37)7)36-20-18-35(19-21-36)27(2)3/h14-20,26-27,30,32,36H,5,9,11-13,21-25H2,1-4,6-8,10H3/t30?,32-,36?/m0/s1. The van der Waals surface area contributed by atoms with Crippen molar-refractivity contribution in [1.82, 2.24) is 9.80 Å². The molecule has 0 radical (unpaired) electrons. The molecule has 0 N–H and O–H groups in total. The Hall–Kier alpha value is -2.74. The van der Waals surface area contributed by atoms with Crippen molar-refractivity contribution in [2.75, 3.05) is 26.7 Å². The van der Waals surface area contributed by atoms with Crippen LogP contribution in [0, 0.1) is 30.6 Å². The van der Waals surface area contributed by atoms with Gasteiger partial charge in [-0.05, 0) is 86.0 Å². The number of nitrogens with zero attached hydrogens (tertiary/aromatic N) is 2. The third-order valence-corrected chi connectivity index (χ3v) is 9.36. The van der Waals surface area contributed by atoms with Crippen LogP contribution in [0.4, 0.5) is 0 Å². The van der Waals surface area contributed by atoms with E-state index in [4.69, 9.17) is 0 Å². The Balaban J connectivity index is 1.60. The van der Waals surface area contributed by atoms with Gasteiger partial charge >= 0.3 is 0 Å². The van der Waals surface area contributed by atoms with E-state index in [0.29, 0.717) is 23.7 Å². The molecule has 2 unspecified atom stereocenters. The molecule has 3 rings (SSSR count). The van der Waals surface area contributed by atoms with E-state index in [2.05, 4.69) is 127 Å². The van der Waals surface area contributed by atoms with Crippen LogP contribution in [0.3, 0.4) is 0 Å². The molecule has 0 amide bonds. The quantitative estimate of drug-likeness (QED) is 0.232. The smallest absolute Gasteiger partial charge is 0.0962 e. The van der Waals surface area contributed by atoms with E-state index in [1.165, 1.54) is 33.4 Å². The van der Waals surface area contributed by atoms with Gasteiger partial charge in [0, 0.05) is 32.6 Å². The lowest BCUT2D eigenvalue weighted by atomic mass is 9.70. The van der Waals surface area contributed by atoms with Crippen LogP contribution >= 0.6 is 0 Å². The summed E-state index contributed by atoms with van der Waals surface area (Å²) in [6, 6.07) is 8.90. The summed E-state index contributed by atoms with van der Waals surface area (Å²) in [6.45, 7) is 28.3. The van der Waals surface area contributed by atoms with Gasteiger partial charge in [-0.3, -0.25) is 0 Å². The maximum Gasteiger partial charge on any atom is 0.0962 e. The summed E-state index contributed by atoms with van der Waals surface area (Å²) in [5, 5.41) is 0. The van der Waals surface area contributed by atoms with Crippen LogP contribution in [0.1, 0.15) is 78.4 Å². The predicted molar refractivity (Wildman–Crippen MR) is 176 cm³/mol. The second-order valence-corrected chi connectivity index (χ2v) is 12.6. The number of allylic oxidation sites excluding steroid dienone is 9. The zero-order chi connectivity index (χ0) is 29.4. The Morgan fingerprint density at radius 3 is 2.30 bits per heavy atom. The first kappa shape index (κ1) is 31.8. The number of rotatable bonds is 14. The summed E-state index contributed by atoms with van der Waals surface area (Å²) < 4.78 is 0. The predicted octanol–water partition coefficient (Wildman–Crippen LogP) is 9.68. The van der Waals surface area contributed by atoms with Gasteiger partial charge in [-0.25, -0.2) is 0 Å². The average Bonchev–Trinajstić information content (AvgIpc) is 2.94. The monoisotopic (exact) mass is 540 g/mol. The first-order valence-corrected chi connectivity index (χ1v) is 15.7. The Kier molecular flexibility index (Phi) is 11.7. The van der Waals surface area contributed by atoms with Crippen molar-refractivity contribution < 1.29 is 0 Å². The van der Waals surface area contributed by atoms with Crippen LogP contribution in [-0.4, -0.2) is 36.5 Å². The minimum atomic E-state index is 0.509. The Morgan fingerprint density at radius 1 is 1.00 bits per heavy atom.